The van der Waals surface area contributed by atoms with Crippen LogP contribution in [0.15, 0.2) is 63.1 Å². The van der Waals surface area contributed by atoms with Crippen LogP contribution in [0.25, 0.3) is 0 Å². The molecule has 0 saturated heterocycles. The molecule has 3 N–H and O–H groups in total. The van der Waals surface area contributed by atoms with Crippen molar-refractivity contribution < 1.29 is 15.1 Å². The molecule has 0 fully saturated rings. The standard InChI is InChI=1S/C19H16N4O6/c24-16-10-13(23(28)29)6-7-15(16)20-11-14-17(25)21-19(27)22(18(14)26)9-8-12-4-2-1-3-5-12/h1-7,10-11,24,26H,8-9H2,(H,21,25,27). The minimum absolute atomic E-state index is 0.0450. The van der Waals surface area contributed by atoms with Crippen molar-refractivity contribution in [3.8, 4) is 11.6 Å². The number of hydrogen-bond acceptors (Lipinski definition) is 7. The molecule has 0 aliphatic rings. The van der Waals surface area contributed by atoms with Gasteiger partial charge >= 0.3 is 5.69 Å². The number of nitrogens with zero attached hydrogens (tertiary/aromatic N) is 3. The lowest BCUT2D eigenvalue weighted by Crippen LogP contribution is -2.32. The lowest BCUT2D eigenvalue weighted by atomic mass is 10.1. The highest BCUT2D eigenvalue weighted by atomic mass is 16.6. The molecule has 2 aromatic carbocycles. The fourth-order valence-corrected chi connectivity index (χ4v) is 2.65. The molecule has 3 rings (SSSR count). The SMILES string of the molecule is O=c1[nH]c(=O)n(CCc2ccccc2)c(O)c1C=Nc1ccc([N+](=O)[O-])cc1O. The van der Waals surface area contributed by atoms with E-state index in [4.69, 9.17) is 0 Å². The van der Waals surface area contributed by atoms with Crippen LogP contribution < -0.4 is 11.2 Å². The van der Waals surface area contributed by atoms with Crippen LogP contribution in [0.2, 0.25) is 0 Å². The number of nitro benzene ring substituents is 1. The molecule has 148 valence electrons. The number of aromatic nitrogens is 2. The summed E-state index contributed by atoms with van der Waals surface area (Å²) < 4.78 is 1.01. The minimum Gasteiger partial charge on any atom is -0.505 e. The van der Waals surface area contributed by atoms with Crippen LogP contribution in [0.5, 0.6) is 11.6 Å². The van der Waals surface area contributed by atoms with Gasteiger partial charge in [-0.2, -0.15) is 0 Å². The molecule has 3 aromatic rings. The van der Waals surface area contributed by atoms with E-state index in [0.717, 1.165) is 28.5 Å². The average Bonchev–Trinajstić information content (AvgIpc) is 2.69. The molecule has 0 saturated carbocycles. The number of benzene rings is 2. The summed E-state index contributed by atoms with van der Waals surface area (Å²) in [6, 6.07) is 12.5. The Kier molecular flexibility index (Phi) is 5.54. The Balaban J connectivity index is 1.91. The molecule has 29 heavy (non-hydrogen) atoms. The van der Waals surface area contributed by atoms with E-state index >= 15 is 0 Å². The van der Waals surface area contributed by atoms with Gasteiger partial charge in [-0.15, -0.1) is 0 Å². The predicted molar refractivity (Wildman–Crippen MR) is 105 cm³/mol. The molecule has 10 nitrogen and oxygen atoms in total. The van der Waals surface area contributed by atoms with Gasteiger partial charge < -0.3 is 10.2 Å². The minimum atomic E-state index is -0.853. The first-order chi connectivity index (χ1) is 13.9. The maximum atomic E-state index is 12.1. The van der Waals surface area contributed by atoms with Crippen molar-refractivity contribution in [1.82, 2.24) is 9.55 Å². The number of nitro groups is 1. The number of aliphatic imine (C=N–C) groups is 1. The van der Waals surface area contributed by atoms with Gasteiger partial charge in [-0.1, -0.05) is 30.3 Å². The number of phenolic OH excluding ortho intramolecular Hbond substituents is 1. The van der Waals surface area contributed by atoms with Gasteiger partial charge in [0.05, 0.1) is 11.0 Å². The fraction of sp³-hybridized carbons (Fsp3) is 0.105. The number of rotatable bonds is 6. The first kappa shape index (κ1) is 19.5. The Morgan fingerprint density at radius 1 is 1.14 bits per heavy atom. The molecule has 0 aliphatic carbocycles. The lowest BCUT2D eigenvalue weighted by Gasteiger charge is -2.09. The summed E-state index contributed by atoms with van der Waals surface area (Å²) in [5, 5.41) is 30.9. The number of hydrogen-bond donors (Lipinski definition) is 3. The van der Waals surface area contributed by atoms with Crippen molar-refractivity contribution >= 4 is 17.6 Å². The van der Waals surface area contributed by atoms with Crippen LogP contribution in [0, 0.1) is 10.1 Å². The third-order valence-corrected chi connectivity index (χ3v) is 4.18. The smallest absolute Gasteiger partial charge is 0.331 e. The van der Waals surface area contributed by atoms with Crippen LogP contribution >= 0.6 is 0 Å². The monoisotopic (exact) mass is 396 g/mol. The first-order valence-electron chi connectivity index (χ1n) is 8.48. The summed E-state index contributed by atoms with van der Waals surface area (Å²) in [6.45, 7) is 0.120. The second-order valence-electron chi connectivity index (χ2n) is 6.07. The first-order valence-corrected chi connectivity index (χ1v) is 8.48. The number of phenols is 1. The van der Waals surface area contributed by atoms with E-state index in [0.29, 0.717) is 6.42 Å². The molecule has 1 aromatic heterocycles. The number of H-pyrrole nitrogens is 1. The number of aryl methyl sites for hydroxylation is 1. The number of aromatic hydroxyl groups is 2. The second kappa shape index (κ2) is 8.21. The Labute approximate surface area is 163 Å². The van der Waals surface area contributed by atoms with E-state index in [2.05, 4.69) is 9.98 Å². The predicted octanol–water partition coefficient (Wildman–Crippen LogP) is 1.85. The molecule has 0 amide bonds. The molecule has 0 aliphatic heterocycles. The number of non-ortho nitro benzene ring substituents is 1. The van der Waals surface area contributed by atoms with Gasteiger partial charge in [-0.3, -0.25) is 29.5 Å². The van der Waals surface area contributed by atoms with E-state index in [1.165, 1.54) is 6.07 Å². The van der Waals surface area contributed by atoms with Gasteiger partial charge in [-0.25, -0.2) is 4.79 Å². The third-order valence-electron chi connectivity index (χ3n) is 4.18. The third kappa shape index (κ3) is 4.38. The Hall–Kier alpha value is -4.21. The largest absolute Gasteiger partial charge is 0.505 e. The van der Waals surface area contributed by atoms with E-state index in [9.17, 15) is 29.9 Å². The van der Waals surface area contributed by atoms with E-state index in [-0.39, 0.29) is 23.5 Å². The maximum absolute atomic E-state index is 12.1. The lowest BCUT2D eigenvalue weighted by molar-refractivity contribution is -0.384. The molecule has 0 unspecified atom stereocenters. The van der Waals surface area contributed by atoms with Crippen LogP contribution in [0.1, 0.15) is 11.1 Å². The van der Waals surface area contributed by atoms with Crippen molar-refractivity contribution in [1.29, 1.82) is 0 Å². The Bertz CT molecular complexity index is 1200. The van der Waals surface area contributed by atoms with E-state index < -0.39 is 27.8 Å². The van der Waals surface area contributed by atoms with Crippen LogP contribution in [-0.4, -0.2) is 30.9 Å². The van der Waals surface area contributed by atoms with Gasteiger partial charge in [0.15, 0.2) is 0 Å². The number of nitrogens with one attached hydrogen (secondary N) is 1. The zero-order chi connectivity index (χ0) is 21.0. The van der Waals surface area contributed by atoms with Gasteiger partial charge in [0.25, 0.3) is 11.2 Å². The molecule has 0 radical (unpaired) electrons. The molecule has 0 atom stereocenters. The highest BCUT2D eigenvalue weighted by Crippen LogP contribution is 2.30. The quantitative estimate of drug-likeness (QED) is 0.329. The van der Waals surface area contributed by atoms with E-state index in [1.807, 2.05) is 30.3 Å². The van der Waals surface area contributed by atoms with Crippen molar-refractivity contribution in [3.63, 3.8) is 0 Å². The summed E-state index contributed by atoms with van der Waals surface area (Å²) in [5.74, 6) is -1.04. The second-order valence-corrected chi connectivity index (χ2v) is 6.07. The molecule has 0 spiro atoms. The normalized spacial score (nSPS) is 11.0. The average molecular weight is 396 g/mol. The summed E-state index contributed by atoms with van der Waals surface area (Å²) >= 11 is 0. The van der Waals surface area contributed by atoms with Gasteiger partial charge in [0.1, 0.15) is 17.0 Å². The Morgan fingerprint density at radius 2 is 1.86 bits per heavy atom. The van der Waals surface area contributed by atoms with Crippen molar-refractivity contribution in [3.05, 3.63) is 90.6 Å². The highest BCUT2D eigenvalue weighted by molar-refractivity contribution is 5.84. The van der Waals surface area contributed by atoms with Gasteiger partial charge in [0.2, 0.25) is 5.88 Å². The van der Waals surface area contributed by atoms with Gasteiger partial charge in [0, 0.05) is 18.8 Å². The zero-order valence-electron chi connectivity index (χ0n) is 15.0. The molecule has 0 bridgehead atoms. The molecular formula is C19H16N4O6. The van der Waals surface area contributed by atoms with Crippen molar-refractivity contribution in [2.24, 2.45) is 4.99 Å². The molecular weight excluding hydrogens is 380 g/mol. The van der Waals surface area contributed by atoms with Crippen LogP contribution in [0.4, 0.5) is 11.4 Å². The molecule has 10 heteroatoms. The topological polar surface area (TPSA) is 151 Å². The zero-order valence-corrected chi connectivity index (χ0v) is 15.0. The summed E-state index contributed by atoms with van der Waals surface area (Å²) in [4.78, 5) is 40.2. The van der Waals surface area contributed by atoms with Crippen LogP contribution in [0.3, 0.4) is 0 Å². The van der Waals surface area contributed by atoms with Gasteiger partial charge in [-0.05, 0) is 18.1 Å². The summed E-state index contributed by atoms with van der Waals surface area (Å²) in [5.41, 5.74) is -1.33. The molecule has 1 heterocycles. The number of aromatic amines is 1. The fourth-order valence-electron chi connectivity index (χ4n) is 2.65. The van der Waals surface area contributed by atoms with Crippen LogP contribution in [-0.2, 0) is 13.0 Å². The summed E-state index contributed by atoms with van der Waals surface area (Å²) in [7, 11) is 0. The summed E-state index contributed by atoms with van der Waals surface area (Å²) in [6.07, 6.45) is 1.42. The van der Waals surface area contributed by atoms with Crippen molar-refractivity contribution in [2.75, 3.05) is 0 Å². The highest BCUT2D eigenvalue weighted by Gasteiger charge is 2.14. The van der Waals surface area contributed by atoms with Crippen molar-refractivity contribution in [2.45, 2.75) is 13.0 Å². The van der Waals surface area contributed by atoms with E-state index in [1.54, 1.807) is 0 Å². The maximum Gasteiger partial charge on any atom is 0.331 e. The Morgan fingerprint density at radius 3 is 2.52 bits per heavy atom.